The van der Waals surface area contributed by atoms with Gasteiger partial charge in [-0.3, -0.25) is 9.59 Å². The first-order chi connectivity index (χ1) is 13.8. The van der Waals surface area contributed by atoms with Crippen LogP contribution in [-0.2, 0) is 9.59 Å². The van der Waals surface area contributed by atoms with E-state index in [-0.39, 0.29) is 47.7 Å². The van der Waals surface area contributed by atoms with E-state index in [2.05, 4.69) is 17.3 Å². The van der Waals surface area contributed by atoms with Gasteiger partial charge in [0.05, 0.1) is 30.3 Å². The molecule has 0 unspecified atom stereocenters. The lowest BCUT2D eigenvalue weighted by molar-refractivity contribution is -0.140. The minimum atomic E-state index is -0.253. The van der Waals surface area contributed by atoms with Gasteiger partial charge in [-0.2, -0.15) is 10.1 Å². The van der Waals surface area contributed by atoms with Crippen molar-refractivity contribution in [1.82, 2.24) is 5.01 Å². The van der Waals surface area contributed by atoms with Crippen molar-refractivity contribution >= 4 is 18.0 Å². The lowest BCUT2D eigenvalue weighted by atomic mass is 9.63. The number of hydrogen-bond donors (Lipinski definition) is 0. The number of carbonyl (C=O) groups excluding carboxylic acids is 2. The summed E-state index contributed by atoms with van der Waals surface area (Å²) in [6.45, 7) is 7.81. The number of allylic oxidation sites excluding steroid dienone is 2. The zero-order valence-corrected chi connectivity index (χ0v) is 17.4. The summed E-state index contributed by atoms with van der Waals surface area (Å²) in [5.41, 5.74) is 0.700. The number of hydrogen-bond acceptors (Lipinski definition) is 5. The maximum atomic E-state index is 12.9. The van der Waals surface area contributed by atoms with Gasteiger partial charge in [0.2, 0.25) is 0 Å². The highest BCUT2D eigenvalue weighted by molar-refractivity contribution is 6.06. The number of hydrazone groups is 1. The predicted octanol–water partition coefficient (Wildman–Crippen LogP) is 3.79. The molecule has 154 valence electrons. The van der Waals surface area contributed by atoms with Gasteiger partial charge in [-0.25, -0.2) is 0 Å². The lowest BCUT2D eigenvalue weighted by Gasteiger charge is -2.37. The molecule has 0 aromatic heterocycles. The maximum absolute atomic E-state index is 12.9. The van der Waals surface area contributed by atoms with Crippen LogP contribution in [0.1, 0.15) is 46.1 Å². The fourth-order valence-corrected chi connectivity index (χ4v) is 4.61. The lowest BCUT2D eigenvalue weighted by Crippen LogP contribution is -2.38. The van der Waals surface area contributed by atoms with Crippen LogP contribution >= 0.6 is 0 Å². The van der Waals surface area contributed by atoms with Gasteiger partial charge >= 0.3 is 0 Å². The summed E-state index contributed by atoms with van der Waals surface area (Å²) < 4.78 is 11.7. The van der Waals surface area contributed by atoms with Gasteiger partial charge in [0, 0.05) is 11.6 Å². The van der Waals surface area contributed by atoms with Crippen LogP contribution in [0.4, 0.5) is 0 Å². The van der Waals surface area contributed by atoms with E-state index in [0.717, 1.165) is 17.9 Å². The van der Waals surface area contributed by atoms with Crippen molar-refractivity contribution in [3.63, 3.8) is 0 Å². The molecule has 1 aliphatic heterocycles. The van der Waals surface area contributed by atoms with Crippen molar-refractivity contribution < 1.29 is 19.1 Å². The van der Waals surface area contributed by atoms with Crippen molar-refractivity contribution in [2.75, 3.05) is 0 Å². The zero-order valence-electron chi connectivity index (χ0n) is 17.4. The molecular formula is C23H28N2O4. The third kappa shape index (κ3) is 3.68. The summed E-state index contributed by atoms with van der Waals surface area (Å²) in [5.74, 6) is 0.772. The highest BCUT2D eigenvalue weighted by Gasteiger charge is 2.56. The first-order valence-corrected chi connectivity index (χ1v) is 10.4. The Hall–Kier alpha value is -2.63. The van der Waals surface area contributed by atoms with Gasteiger partial charge < -0.3 is 9.47 Å². The van der Waals surface area contributed by atoms with Crippen LogP contribution in [0.25, 0.3) is 0 Å². The summed E-state index contributed by atoms with van der Waals surface area (Å²) in [7, 11) is 0. The van der Waals surface area contributed by atoms with E-state index in [1.54, 1.807) is 6.21 Å². The number of imide groups is 1. The smallest absolute Gasteiger partial charge is 0.254 e. The van der Waals surface area contributed by atoms with E-state index >= 15 is 0 Å². The van der Waals surface area contributed by atoms with E-state index in [0.29, 0.717) is 17.1 Å². The average molecular weight is 396 g/mol. The van der Waals surface area contributed by atoms with E-state index in [9.17, 15) is 9.59 Å². The van der Waals surface area contributed by atoms with Gasteiger partial charge in [-0.1, -0.05) is 12.2 Å². The molecule has 6 heteroatoms. The Balaban J connectivity index is 1.58. The zero-order chi connectivity index (χ0) is 20.7. The molecule has 6 nitrogen and oxygen atoms in total. The third-order valence-corrected chi connectivity index (χ3v) is 5.77. The number of benzene rings is 1. The van der Waals surface area contributed by atoms with E-state index in [1.165, 1.54) is 0 Å². The summed E-state index contributed by atoms with van der Waals surface area (Å²) in [5, 5.41) is 5.37. The fraction of sp³-hybridized carbons (Fsp3) is 0.522. The molecule has 4 aliphatic rings. The van der Waals surface area contributed by atoms with Crippen molar-refractivity contribution in [3.8, 4) is 11.5 Å². The highest BCUT2D eigenvalue weighted by Crippen LogP contribution is 2.49. The number of fused-ring (bicyclic) bond motifs is 1. The van der Waals surface area contributed by atoms with Gasteiger partial charge in [-0.05, 0) is 64.5 Å². The molecule has 1 saturated carbocycles. The minimum absolute atomic E-state index is 0.0314. The summed E-state index contributed by atoms with van der Waals surface area (Å²) in [6.07, 6.45) is 7.72. The van der Waals surface area contributed by atoms with Gasteiger partial charge in [-0.15, -0.1) is 0 Å². The summed E-state index contributed by atoms with van der Waals surface area (Å²) >= 11 is 0. The molecule has 2 amide bonds. The Morgan fingerprint density at radius 2 is 1.55 bits per heavy atom. The second kappa shape index (κ2) is 7.65. The Morgan fingerprint density at radius 3 is 2.07 bits per heavy atom. The molecule has 5 rings (SSSR count). The first-order valence-electron chi connectivity index (χ1n) is 10.4. The second-order valence-electron chi connectivity index (χ2n) is 8.61. The van der Waals surface area contributed by atoms with E-state index in [4.69, 9.17) is 9.47 Å². The van der Waals surface area contributed by atoms with Crippen LogP contribution in [0, 0.1) is 23.7 Å². The normalized spacial score (nSPS) is 28.1. The molecular weight excluding hydrogens is 368 g/mol. The van der Waals surface area contributed by atoms with Gasteiger partial charge in [0.25, 0.3) is 11.8 Å². The van der Waals surface area contributed by atoms with Crippen molar-refractivity contribution in [2.24, 2.45) is 28.8 Å². The topological polar surface area (TPSA) is 68.2 Å². The number of ether oxygens (including phenoxy) is 2. The Bertz CT molecular complexity index is 842. The number of amides is 2. The summed E-state index contributed by atoms with van der Waals surface area (Å²) in [4.78, 5) is 25.8. The van der Waals surface area contributed by atoms with Gasteiger partial charge in [0.15, 0.2) is 0 Å². The molecule has 1 saturated heterocycles. The Kier molecular flexibility index (Phi) is 5.19. The Morgan fingerprint density at radius 1 is 0.966 bits per heavy atom. The van der Waals surface area contributed by atoms with Crippen LogP contribution in [0.2, 0.25) is 0 Å². The molecule has 29 heavy (non-hydrogen) atoms. The maximum Gasteiger partial charge on any atom is 0.254 e. The molecule has 2 fully saturated rings. The standard InChI is InChI=1S/C23H28N2O4/c1-13(2)28-18-10-9-17(19(11-18)29-14(3)4)12-24-25-22(26)20-15-5-6-16(8-7-15)21(20)23(25)27/h5-6,9-16,20-21H,7-8H2,1-4H3/b24-12-/t15-,16-,20-,21+/m0/s1. The Labute approximate surface area is 171 Å². The minimum Gasteiger partial charge on any atom is -0.491 e. The molecule has 1 heterocycles. The van der Waals surface area contributed by atoms with Crippen molar-refractivity contribution in [3.05, 3.63) is 35.9 Å². The fourth-order valence-electron chi connectivity index (χ4n) is 4.61. The highest BCUT2D eigenvalue weighted by atomic mass is 16.5. The molecule has 3 aliphatic carbocycles. The molecule has 4 atom stereocenters. The van der Waals surface area contributed by atoms with Crippen molar-refractivity contribution in [2.45, 2.75) is 52.7 Å². The number of rotatable bonds is 6. The van der Waals surface area contributed by atoms with Crippen LogP contribution in [-0.4, -0.2) is 35.2 Å². The second-order valence-corrected chi connectivity index (χ2v) is 8.61. The van der Waals surface area contributed by atoms with Crippen LogP contribution in [0.5, 0.6) is 11.5 Å². The molecule has 0 spiro atoms. The molecule has 1 aromatic rings. The van der Waals surface area contributed by atoms with Crippen LogP contribution in [0.3, 0.4) is 0 Å². The van der Waals surface area contributed by atoms with E-state index in [1.807, 2.05) is 45.9 Å². The molecule has 2 bridgehead atoms. The van der Waals surface area contributed by atoms with Crippen molar-refractivity contribution in [1.29, 1.82) is 0 Å². The van der Waals surface area contributed by atoms with Crippen LogP contribution < -0.4 is 9.47 Å². The molecule has 1 aromatic carbocycles. The quantitative estimate of drug-likeness (QED) is 0.417. The predicted molar refractivity (Wildman–Crippen MR) is 110 cm³/mol. The van der Waals surface area contributed by atoms with E-state index < -0.39 is 0 Å². The first kappa shape index (κ1) is 19.7. The van der Waals surface area contributed by atoms with Gasteiger partial charge in [0.1, 0.15) is 11.5 Å². The average Bonchev–Trinajstić information content (AvgIpc) is 2.94. The number of carbonyl (C=O) groups is 2. The van der Waals surface area contributed by atoms with Crippen LogP contribution in [0.15, 0.2) is 35.5 Å². The number of nitrogens with zero attached hydrogens (tertiary/aromatic N) is 2. The SMILES string of the molecule is CC(C)Oc1ccc(/C=N\N2C(=O)[C@@H]3[C@H](C2=O)[C@H]2C=C[C@H]3CC2)c(OC(C)C)c1. The third-order valence-electron chi connectivity index (χ3n) is 5.77. The molecule has 0 radical (unpaired) electrons. The molecule has 0 N–H and O–H groups in total. The monoisotopic (exact) mass is 396 g/mol. The largest absolute Gasteiger partial charge is 0.491 e. The summed E-state index contributed by atoms with van der Waals surface area (Å²) in [6, 6.07) is 5.49.